The van der Waals surface area contributed by atoms with Gasteiger partial charge in [-0.15, -0.1) is 0 Å². The lowest BCUT2D eigenvalue weighted by atomic mass is 10.2. The van der Waals surface area contributed by atoms with E-state index in [2.05, 4.69) is 20.7 Å². The number of nitrogens with one attached hydrogen (secondary N) is 1. The van der Waals surface area contributed by atoms with E-state index in [4.69, 9.17) is 4.74 Å². The highest BCUT2D eigenvalue weighted by Crippen LogP contribution is 2.22. The molecule has 0 aliphatic heterocycles. The fourth-order valence-electron chi connectivity index (χ4n) is 1.02. The lowest BCUT2D eigenvalue weighted by Crippen LogP contribution is -2.16. The third kappa shape index (κ3) is 3.38. The monoisotopic (exact) mass is 278 g/mol. The van der Waals surface area contributed by atoms with Gasteiger partial charge in [0, 0.05) is 27.8 Å². The molecule has 0 aromatic heterocycles. The molecule has 4 nitrogen and oxygen atoms in total. The highest BCUT2D eigenvalue weighted by atomic mass is 79.9. The van der Waals surface area contributed by atoms with Crippen LogP contribution in [-0.4, -0.2) is 15.9 Å². The smallest absolute Gasteiger partial charge is 0.123 e. The number of methoxy groups -OCH3 is 1. The van der Waals surface area contributed by atoms with Gasteiger partial charge in [0.2, 0.25) is 0 Å². The first kappa shape index (κ1) is 11.6. The van der Waals surface area contributed by atoms with Crippen LogP contribution in [0.1, 0.15) is 5.56 Å². The lowest BCUT2D eigenvalue weighted by Gasteiger charge is -2.11. The Morgan fingerprint density at radius 2 is 2.36 bits per heavy atom. The maximum Gasteiger partial charge on any atom is 0.123 e. The molecule has 1 N–H and O–H groups in total. The van der Waals surface area contributed by atoms with Gasteiger partial charge in [-0.1, -0.05) is 15.9 Å². The average Bonchev–Trinajstić information content (AvgIpc) is 2.15. The number of ether oxygens (including phenoxy) is 1. The minimum absolute atomic E-state index is 0.221. The molecule has 0 aliphatic rings. The van der Waals surface area contributed by atoms with E-state index in [9.17, 15) is 8.76 Å². The van der Waals surface area contributed by atoms with Crippen molar-refractivity contribution in [2.45, 2.75) is 6.54 Å². The molecule has 0 saturated carbocycles. The van der Waals surface area contributed by atoms with Gasteiger partial charge in [0.1, 0.15) is 5.75 Å². The molecule has 1 unspecified atom stereocenters. The Morgan fingerprint density at radius 1 is 1.64 bits per heavy atom. The summed E-state index contributed by atoms with van der Waals surface area (Å²) in [6, 6.07) is 5.41. The van der Waals surface area contributed by atoms with E-state index in [-0.39, 0.29) is 6.54 Å². The largest absolute Gasteiger partial charge is 0.760 e. The molecule has 0 heterocycles. The van der Waals surface area contributed by atoms with Crippen LogP contribution in [0.15, 0.2) is 22.7 Å². The Hall–Kier alpha value is -0.430. The SMILES string of the molecule is COc1ccc(Br)cc1CNS(=O)[O-]. The van der Waals surface area contributed by atoms with Crippen LogP contribution >= 0.6 is 15.9 Å². The van der Waals surface area contributed by atoms with Crippen molar-refractivity contribution in [3.8, 4) is 5.75 Å². The molecule has 0 fully saturated rings. The first-order valence-corrected chi connectivity index (χ1v) is 5.65. The summed E-state index contributed by atoms with van der Waals surface area (Å²) in [5.74, 6) is 0.658. The second-order valence-corrected chi connectivity index (χ2v) is 4.19. The summed E-state index contributed by atoms with van der Waals surface area (Å²) in [6.45, 7) is 0.221. The normalized spacial score (nSPS) is 12.5. The summed E-state index contributed by atoms with van der Waals surface area (Å²) in [5.41, 5.74) is 0.783. The standard InChI is InChI=1S/C8H10BrNO3S/c1-13-8-3-2-7(9)4-6(8)5-10-14(11)12/h2-4,10H,5H2,1H3,(H,11,12)/p-1. The number of hydrogen-bond donors (Lipinski definition) is 1. The van der Waals surface area contributed by atoms with E-state index in [0.717, 1.165) is 10.0 Å². The summed E-state index contributed by atoms with van der Waals surface area (Å²) in [7, 11) is 1.54. The van der Waals surface area contributed by atoms with Gasteiger partial charge < -0.3 is 9.29 Å². The number of rotatable bonds is 4. The Labute approximate surface area is 93.2 Å². The second kappa shape index (κ2) is 5.45. The Kier molecular flexibility index (Phi) is 4.53. The van der Waals surface area contributed by atoms with Crippen molar-refractivity contribution in [3.05, 3.63) is 28.2 Å². The third-order valence-corrected chi connectivity index (χ3v) is 2.50. The predicted octanol–water partition coefficient (Wildman–Crippen LogP) is 1.34. The van der Waals surface area contributed by atoms with Crippen molar-refractivity contribution in [2.24, 2.45) is 0 Å². The molecule has 0 bridgehead atoms. The number of hydrogen-bond acceptors (Lipinski definition) is 3. The van der Waals surface area contributed by atoms with E-state index < -0.39 is 11.3 Å². The molecule has 0 radical (unpaired) electrons. The van der Waals surface area contributed by atoms with Crippen molar-refractivity contribution < 1.29 is 13.5 Å². The van der Waals surface area contributed by atoms with Gasteiger partial charge in [0.15, 0.2) is 0 Å². The number of halogens is 1. The van der Waals surface area contributed by atoms with E-state index in [0.29, 0.717) is 5.75 Å². The average molecular weight is 279 g/mol. The predicted molar refractivity (Wildman–Crippen MR) is 56.5 cm³/mol. The van der Waals surface area contributed by atoms with E-state index in [1.54, 1.807) is 19.2 Å². The van der Waals surface area contributed by atoms with Crippen LogP contribution in [0.25, 0.3) is 0 Å². The Morgan fingerprint density at radius 3 is 2.93 bits per heavy atom. The van der Waals surface area contributed by atoms with Crippen molar-refractivity contribution >= 4 is 27.2 Å². The van der Waals surface area contributed by atoms with Crippen LogP contribution in [0.2, 0.25) is 0 Å². The summed E-state index contributed by atoms with van der Waals surface area (Å²) < 4.78 is 28.8. The zero-order valence-electron chi connectivity index (χ0n) is 7.45. The van der Waals surface area contributed by atoms with Gasteiger partial charge in [-0.25, -0.2) is 4.72 Å². The molecule has 0 spiro atoms. The molecule has 1 atom stereocenters. The van der Waals surface area contributed by atoms with Crippen LogP contribution in [0, 0.1) is 0 Å². The Bertz CT molecular complexity index is 345. The second-order valence-electron chi connectivity index (χ2n) is 2.51. The van der Waals surface area contributed by atoms with Gasteiger partial charge >= 0.3 is 0 Å². The molecule has 78 valence electrons. The summed E-state index contributed by atoms with van der Waals surface area (Å²) in [4.78, 5) is 0. The van der Waals surface area contributed by atoms with Crippen molar-refractivity contribution in [3.63, 3.8) is 0 Å². The molecule has 0 amide bonds. The fourth-order valence-corrected chi connectivity index (χ4v) is 1.70. The van der Waals surface area contributed by atoms with Gasteiger partial charge in [-0.3, -0.25) is 4.21 Å². The van der Waals surface area contributed by atoms with Crippen LogP contribution in [0.5, 0.6) is 5.75 Å². The highest BCUT2D eigenvalue weighted by molar-refractivity contribution is 9.10. The quantitative estimate of drug-likeness (QED) is 0.846. The summed E-state index contributed by atoms with van der Waals surface area (Å²) >= 11 is 1.04. The van der Waals surface area contributed by atoms with Crippen molar-refractivity contribution in [1.29, 1.82) is 0 Å². The molecule has 0 aliphatic carbocycles. The van der Waals surface area contributed by atoms with Gasteiger partial charge in [0.25, 0.3) is 0 Å². The first-order chi connectivity index (χ1) is 6.63. The molecular formula is C8H9BrNO3S-. The molecule has 1 rings (SSSR count). The van der Waals surface area contributed by atoms with E-state index in [1.165, 1.54) is 0 Å². The van der Waals surface area contributed by atoms with Gasteiger partial charge in [0.05, 0.1) is 7.11 Å². The molecule has 1 aromatic rings. The van der Waals surface area contributed by atoms with Gasteiger partial charge in [-0.05, 0) is 18.2 Å². The molecule has 6 heteroatoms. The molecule has 14 heavy (non-hydrogen) atoms. The van der Waals surface area contributed by atoms with Crippen LogP contribution in [0.4, 0.5) is 0 Å². The topological polar surface area (TPSA) is 61.4 Å². The van der Waals surface area contributed by atoms with Gasteiger partial charge in [-0.2, -0.15) is 0 Å². The maximum atomic E-state index is 10.3. The van der Waals surface area contributed by atoms with E-state index in [1.807, 2.05) is 6.07 Å². The number of benzene rings is 1. The molecular weight excluding hydrogens is 270 g/mol. The fraction of sp³-hybridized carbons (Fsp3) is 0.250. The van der Waals surface area contributed by atoms with Crippen molar-refractivity contribution in [1.82, 2.24) is 4.72 Å². The summed E-state index contributed by atoms with van der Waals surface area (Å²) in [6.07, 6.45) is 0. The summed E-state index contributed by atoms with van der Waals surface area (Å²) in [5, 5.41) is 0. The molecule has 1 aromatic carbocycles. The zero-order valence-corrected chi connectivity index (χ0v) is 9.85. The van der Waals surface area contributed by atoms with E-state index >= 15 is 0 Å². The maximum absolute atomic E-state index is 10.3. The van der Waals surface area contributed by atoms with Crippen LogP contribution in [-0.2, 0) is 17.8 Å². The minimum atomic E-state index is -2.25. The van der Waals surface area contributed by atoms with Crippen molar-refractivity contribution in [2.75, 3.05) is 7.11 Å². The zero-order chi connectivity index (χ0) is 10.6. The lowest BCUT2D eigenvalue weighted by molar-refractivity contribution is 0.409. The first-order valence-electron chi connectivity index (χ1n) is 3.78. The minimum Gasteiger partial charge on any atom is -0.760 e. The van der Waals surface area contributed by atoms with Crippen LogP contribution in [0.3, 0.4) is 0 Å². The highest BCUT2D eigenvalue weighted by Gasteiger charge is 2.02. The Balaban J connectivity index is 2.82. The van der Waals surface area contributed by atoms with Crippen LogP contribution < -0.4 is 9.46 Å². The third-order valence-electron chi connectivity index (χ3n) is 1.62. The molecule has 0 saturated heterocycles.